The number of carboxylic acid groups (broad SMARTS) is 1. The molecule has 1 saturated carbocycles. The first-order chi connectivity index (χ1) is 32.8. The van der Waals surface area contributed by atoms with Gasteiger partial charge in [0.15, 0.2) is 0 Å². The number of fused-ring (bicyclic) bond motifs is 1. The van der Waals surface area contributed by atoms with Gasteiger partial charge in [0, 0.05) is 42.9 Å². The number of aryl methyl sites for hydroxylation is 1. The molecule has 13 nitrogen and oxygen atoms in total. The highest BCUT2D eigenvalue weighted by atomic mass is 32.1. The van der Waals surface area contributed by atoms with Gasteiger partial charge in [-0.15, -0.1) is 11.3 Å². The summed E-state index contributed by atoms with van der Waals surface area (Å²) < 4.78 is 6.11. The average Bonchev–Trinajstić information content (AvgIpc) is 4.11. The van der Waals surface area contributed by atoms with Crippen LogP contribution < -0.4 is 15.4 Å². The van der Waals surface area contributed by atoms with E-state index < -0.39 is 29.6 Å². The number of aliphatic hydroxyl groups is 1. The van der Waals surface area contributed by atoms with Crippen LogP contribution in [0.25, 0.3) is 32.6 Å². The Kier molecular flexibility index (Phi) is 17.3. The number of likely N-dealkylation sites (tertiary alicyclic amines) is 1. The lowest BCUT2D eigenvalue weighted by Crippen LogP contribution is -2.57. The minimum atomic E-state index is -0.887. The Morgan fingerprint density at radius 2 is 1.54 bits per heavy atom. The second-order valence-electron chi connectivity index (χ2n) is 19.7. The molecule has 0 spiro atoms. The molecule has 68 heavy (non-hydrogen) atoms. The number of carbonyl (C=O) groups excluding carboxylic acids is 3. The van der Waals surface area contributed by atoms with E-state index in [9.17, 15) is 29.4 Å². The lowest BCUT2D eigenvalue weighted by Gasteiger charge is -2.35. The standard InChI is InChI=1S/C54H68N6O7S/c1-35-49(68-34-58-35)38-21-19-36(20-22-38)31-55-51(63)46-29-40(61)32-60(46)52(64)50(54(2,3)4)59-47(62)18-12-10-8-6-5-7-9-11-15-27-67-41-24-26-43-45(30-41)56-33-57-48(43)39-23-25-42(53(65)66)44(28-39)37-16-13-14-17-37/h19-26,28,30,33-34,37,40,46,50,61H,5-18,27,29,31-32H2,1-4H3,(H,55,63)(H,59,62)(H,65,66). The third-order valence-electron chi connectivity index (χ3n) is 13.5. The van der Waals surface area contributed by atoms with Gasteiger partial charge in [-0.25, -0.2) is 19.7 Å². The largest absolute Gasteiger partial charge is 0.494 e. The van der Waals surface area contributed by atoms with Gasteiger partial charge in [0.1, 0.15) is 24.2 Å². The third-order valence-corrected chi connectivity index (χ3v) is 14.5. The highest BCUT2D eigenvalue weighted by Crippen LogP contribution is 2.39. The minimum Gasteiger partial charge on any atom is -0.494 e. The van der Waals surface area contributed by atoms with Crippen LogP contribution in [0.3, 0.4) is 0 Å². The quantitative estimate of drug-likeness (QED) is 0.0487. The van der Waals surface area contributed by atoms with E-state index in [0.29, 0.717) is 18.6 Å². The zero-order valence-electron chi connectivity index (χ0n) is 40.1. The number of benzene rings is 3. The van der Waals surface area contributed by atoms with Gasteiger partial charge in [0.25, 0.3) is 0 Å². The number of rotatable bonds is 22. The molecule has 2 fully saturated rings. The summed E-state index contributed by atoms with van der Waals surface area (Å²) in [5.74, 6) is -0.721. The molecule has 362 valence electrons. The van der Waals surface area contributed by atoms with E-state index in [4.69, 9.17) is 4.74 Å². The first kappa shape index (κ1) is 50.2. The number of nitrogens with one attached hydrogen (secondary N) is 2. The summed E-state index contributed by atoms with van der Waals surface area (Å²) in [5.41, 5.74) is 7.94. The van der Waals surface area contributed by atoms with Crippen molar-refractivity contribution in [3.05, 3.63) is 94.9 Å². The molecule has 14 heteroatoms. The number of aromatic carboxylic acids is 1. The van der Waals surface area contributed by atoms with Crippen LogP contribution in [0, 0.1) is 12.3 Å². The maximum Gasteiger partial charge on any atom is 0.335 e. The Balaban J connectivity index is 0.770. The zero-order chi connectivity index (χ0) is 48.2. The molecule has 5 aromatic rings. The highest BCUT2D eigenvalue weighted by molar-refractivity contribution is 7.13. The highest BCUT2D eigenvalue weighted by Gasteiger charge is 2.44. The molecule has 0 bridgehead atoms. The first-order valence-corrected chi connectivity index (χ1v) is 25.4. The normalized spacial score (nSPS) is 16.8. The number of amides is 3. The molecule has 1 saturated heterocycles. The fourth-order valence-electron chi connectivity index (χ4n) is 9.66. The van der Waals surface area contributed by atoms with Crippen molar-refractivity contribution < 1.29 is 34.1 Å². The van der Waals surface area contributed by atoms with E-state index in [0.717, 1.165) is 139 Å². The molecular formula is C54H68N6O7S. The maximum absolute atomic E-state index is 14.0. The van der Waals surface area contributed by atoms with E-state index in [1.165, 1.54) is 4.90 Å². The van der Waals surface area contributed by atoms with Crippen molar-refractivity contribution in [3.63, 3.8) is 0 Å². The summed E-state index contributed by atoms with van der Waals surface area (Å²) in [4.78, 5) is 68.6. The van der Waals surface area contributed by atoms with Crippen LogP contribution in [0.15, 0.2) is 72.5 Å². The van der Waals surface area contributed by atoms with Crippen molar-refractivity contribution in [2.45, 2.75) is 155 Å². The van der Waals surface area contributed by atoms with Gasteiger partial charge >= 0.3 is 5.97 Å². The predicted octanol–water partition coefficient (Wildman–Crippen LogP) is 10.2. The Hall–Kier alpha value is -5.73. The number of hydrogen-bond acceptors (Lipinski definition) is 10. The maximum atomic E-state index is 14.0. The fraction of sp³-hybridized carbons (Fsp3) is 0.500. The lowest BCUT2D eigenvalue weighted by atomic mass is 9.85. The molecule has 3 heterocycles. The SMILES string of the molecule is Cc1ncsc1-c1ccc(CNC(=O)C2CC(O)CN2C(=O)C(NC(=O)CCCCCCCCCCCOc2ccc3c(-c4ccc(C(=O)O)c(C5CCCC5)c4)ncnc3c2)C(C)(C)C)cc1. The molecular weight excluding hydrogens is 877 g/mol. The Labute approximate surface area is 404 Å². The molecule has 3 unspecified atom stereocenters. The second-order valence-corrected chi connectivity index (χ2v) is 20.6. The Morgan fingerprint density at radius 1 is 0.853 bits per heavy atom. The van der Waals surface area contributed by atoms with Gasteiger partial charge in [-0.3, -0.25) is 14.4 Å². The predicted molar refractivity (Wildman–Crippen MR) is 266 cm³/mol. The van der Waals surface area contributed by atoms with Crippen LogP contribution >= 0.6 is 11.3 Å². The van der Waals surface area contributed by atoms with Crippen LogP contribution in [0.2, 0.25) is 0 Å². The summed E-state index contributed by atoms with van der Waals surface area (Å²) in [5, 5.41) is 27.3. The molecule has 0 radical (unpaired) electrons. The van der Waals surface area contributed by atoms with Crippen LogP contribution in [0.4, 0.5) is 0 Å². The van der Waals surface area contributed by atoms with E-state index in [-0.39, 0.29) is 43.1 Å². The molecule has 2 aliphatic rings. The molecule has 1 aliphatic heterocycles. The second kappa shape index (κ2) is 23.5. The molecule has 7 rings (SSSR count). The van der Waals surface area contributed by atoms with Gasteiger partial charge < -0.3 is 30.5 Å². The average molecular weight is 945 g/mol. The van der Waals surface area contributed by atoms with Crippen molar-refractivity contribution in [3.8, 4) is 27.4 Å². The van der Waals surface area contributed by atoms with Gasteiger partial charge in [-0.1, -0.05) is 109 Å². The first-order valence-electron chi connectivity index (χ1n) is 24.6. The number of aliphatic hydroxyl groups excluding tert-OH is 1. The third kappa shape index (κ3) is 13.1. The van der Waals surface area contributed by atoms with Crippen LogP contribution in [0.1, 0.15) is 150 Å². The van der Waals surface area contributed by atoms with Crippen LogP contribution in [-0.2, 0) is 20.9 Å². The Bertz CT molecular complexity index is 2510. The number of aromatic nitrogens is 3. The number of hydrogen-bond donors (Lipinski definition) is 4. The van der Waals surface area contributed by atoms with E-state index in [2.05, 4.69) is 25.6 Å². The lowest BCUT2D eigenvalue weighted by molar-refractivity contribution is -0.144. The van der Waals surface area contributed by atoms with E-state index in [1.54, 1.807) is 23.7 Å². The number of carboxylic acids is 1. The van der Waals surface area contributed by atoms with Gasteiger partial charge in [-0.2, -0.15) is 0 Å². The number of carbonyl (C=O) groups is 4. The van der Waals surface area contributed by atoms with Gasteiger partial charge in [0.2, 0.25) is 17.7 Å². The van der Waals surface area contributed by atoms with Crippen molar-refractivity contribution in [1.29, 1.82) is 0 Å². The summed E-state index contributed by atoms with van der Waals surface area (Å²) in [6.45, 7) is 8.63. The number of β-amino-alcohol motifs (C(OH)–C–C–N with tert-alkyl or cyclic N) is 1. The van der Waals surface area contributed by atoms with E-state index >= 15 is 0 Å². The molecule has 1 aliphatic carbocycles. The molecule has 4 N–H and O–H groups in total. The smallest absolute Gasteiger partial charge is 0.335 e. The van der Waals surface area contributed by atoms with Gasteiger partial charge in [-0.05, 0) is 84.9 Å². The summed E-state index contributed by atoms with van der Waals surface area (Å²) in [6.07, 6.45) is 14.7. The summed E-state index contributed by atoms with van der Waals surface area (Å²) >= 11 is 1.59. The number of nitrogens with zero attached hydrogens (tertiary/aromatic N) is 4. The summed E-state index contributed by atoms with van der Waals surface area (Å²) in [7, 11) is 0. The zero-order valence-corrected chi connectivity index (χ0v) is 40.9. The molecule has 2 aromatic heterocycles. The topological polar surface area (TPSA) is 184 Å². The Morgan fingerprint density at radius 3 is 2.22 bits per heavy atom. The monoisotopic (exact) mass is 944 g/mol. The van der Waals surface area contributed by atoms with Crippen LogP contribution in [0.5, 0.6) is 5.75 Å². The van der Waals surface area contributed by atoms with Crippen LogP contribution in [-0.4, -0.2) is 85.1 Å². The minimum absolute atomic E-state index is 0.0388. The number of thiazole rings is 1. The van der Waals surface area contributed by atoms with Crippen molar-refractivity contribution in [1.82, 2.24) is 30.5 Å². The summed E-state index contributed by atoms with van der Waals surface area (Å²) in [6, 6.07) is 17.8. The molecule has 3 amide bonds. The number of ether oxygens (including phenoxy) is 1. The van der Waals surface area contributed by atoms with Gasteiger partial charge in [0.05, 0.1) is 45.6 Å². The molecule has 3 atom stereocenters. The fourth-order valence-corrected chi connectivity index (χ4v) is 10.5. The van der Waals surface area contributed by atoms with Crippen molar-refractivity contribution in [2.24, 2.45) is 5.41 Å². The van der Waals surface area contributed by atoms with E-state index in [1.807, 2.05) is 87.8 Å². The van der Waals surface area contributed by atoms with Crippen molar-refractivity contribution in [2.75, 3.05) is 13.2 Å². The van der Waals surface area contributed by atoms with Crippen molar-refractivity contribution >= 4 is 45.9 Å². The molecule has 3 aromatic carbocycles. The number of unbranched alkanes of at least 4 members (excludes halogenated alkanes) is 8.